The van der Waals surface area contributed by atoms with Gasteiger partial charge in [-0.15, -0.1) is 0 Å². The number of ether oxygens (including phenoxy) is 1. The van der Waals surface area contributed by atoms with Crippen molar-refractivity contribution < 1.29 is 13.9 Å². The van der Waals surface area contributed by atoms with Gasteiger partial charge in [0.1, 0.15) is 11.6 Å². The number of nitrogens with one attached hydrogen (secondary N) is 2. The van der Waals surface area contributed by atoms with E-state index in [1.54, 1.807) is 6.07 Å². The van der Waals surface area contributed by atoms with E-state index in [4.69, 9.17) is 4.74 Å². The van der Waals surface area contributed by atoms with Crippen LogP contribution in [0.15, 0.2) is 48.7 Å². The zero-order valence-electron chi connectivity index (χ0n) is 13.4. The Morgan fingerprint density at radius 1 is 1.25 bits per heavy atom. The summed E-state index contributed by atoms with van der Waals surface area (Å²) in [7, 11) is 0. The molecule has 0 unspecified atom stereocenters. The maximum Gasteiger partial charge on any atom is 0.257 e. The summed E-state index contributed by atoms with van der Waals surface area (Å²) in [6.07, 6.45) is 2.47. The number of rotatable bonds is 6. The second kappa shape index (κ2) is 7.17. The lowest BCUT2D eigenvalue weighted by molar-refractivity contribution is -0.123. The Bertz CT molecular complexity index is 857. The first kappa shape index (κ1) is 16.1. The molecule has 0 aliphatic heterocycles. The minimum atomic E-state index is -0.265. The van der Waals surface area contributed by atoms with Crippen molar-refractivity contribution in [2.45, 2.75) is 13.3 Å². The summed E-state index contributed by atoms with van der Waals surface area (Å²) < 4.78 is 18.8. The number of carbonyl (C=O) groups excluding carboxylic acids is 1. The molecule has 0 radical (unpaired) electrons. The molecule has 0 saturated carbocycles. The highest BCUT2D eigenvalue weighted by atomic mass is 19.1. The predicted octanol–water partition coefficient (Wildman–Crippen LogP) is 3.35. The molecule has 0 bridgehead atoms. The number of benzene rings is 2. The molecule has 4 nitrogen and oxygen atoms in total. The molecule has 124 valence electrons. The van der Waals surface area contributed by atoms with Gasteiger partial charge in [-0.05, 0) is 48.7 Å². The normalized spacial score (nSPS) is 10.8. The number of aromatic amines is 1. The molecule has 0 atom stereocenters. The molecule has 0 spiro atoms. The number of carbonyl (C=O) groups is 1. The number of hydrogen-bond acceptors (Lipinski definition) is 2. The summed E-state index contributed by atoms with van der Waals surface area (Å²) in [5.74, 6) is 0.267. The number of hydrogen-bond donors (Lipinski definition) is 2. The number of aryl methyl sites for hydroxylation is 1. The highest BCUT2D eigenvalue weighted by Gasteiger charge is 2.07. The number of aromatic nitrogens is 1. The Balaban J connectivity index is 1.50. The zero-order valence-corrected chi connectivity index (χ0v) is 13.4. The van der Waals surface area contributed by atoms with Crippen molar-refractivity contribution in [3.05, 3.63) is 65.6 Å². The largest absolute Gasteiger partial charge is 0.484 e. The topological polar surface area (TPSA) is 54.1 Å². The summed E-state index contributed by atoms with van der Waals surface area (Å²) >= 11 is 0. The number of H-pyrrole nitrogens is 1. The maximum atomic E-state index is 13.3. The van der Waals surface area contributed by atoms with E-state index in [-0.39, 0.29) is 18.3 Å². The van der Waals surface area contributed by atoms with Gasteiger partial charge in [-0.1, -0.05) is 18.2 Å². The lowest BCUT2D eigenvalue weighted by Crippen LogP contribution is -2.30. The van der Waals surface area contributed by atoms with Crippen molar-refractivity contribution >= 4 is 16.8 Å². The van der Waals surface area contributed by atoms with Crippen LogP contribution in [-0.2, 0) is 11.2 Å². The Morgan fingerprint density at radius 3 is 2.92 bits per heavy atom. The fourth-order valence-electron chi connectivity index (χ4n) is 2.61. The van der Waals surface area contributed by atoms with Gasteiger partial charge >= 0.3 is 0 Å². The molecule has 24 heavy (non-hydrogen) atoms. The van der Waals surface area contributed by atoms with E-state index in [2.05, 4.69) is 10.3 Å². The van der Waals surface area contributed by atoms with Crippen LogP contribution < -0.4 is 10.1 Å². The van der Waals surface area contributed by atoms with Crippen LogP contribution in [0.2, 0.25) is 0 Å². The number of halogens is 1. The quantitative estimate of drug-likeness (QED) is 0.730. The third kappa shape index (κ3) is 3.74. The van der Waals surface area contributed by atoms with Crippen LogP contribution in [0.25, 0.3) is 10.9 Å². The van der Waals surface area contributed by atoms with Crippen LogP contribution in [0.5, 0.6) is 5.75 Å². The molecule has 0 aliphatic rings. The van der Waals surface area contributed by atoms with E-state index in [1.807, 2.05) is 37.4 Å². The van der Waals surface area contributed by atoms with Crippen molar-refractivity contribution in [2.75, 3.05) is 13.2 Å². The van der Waals surface area contributed by atoms with Gasteiger partial charge in [0.2, 0.25) is 0 Å². The number of amides is 1. The van der Waals surface area contributed by atoms with Crippen molar-refractivity contribution in [3.63, 3.8) is 0 Å². The highest BCUT2D eigenvalue weighted by Crippen LogP contribution is 2.19. The van der Waals surface area contributed by atoms with Gasteiger partial charge in [0.05, 0.1) is 0 Å². The molecule has 2 aromatic carbocycles. The SMILES string of the molecule is Cc1ccccc1OCC(=O)NCCc1c[nH]c2ccc(F)cc12. The molecule has 0 fully saturated rings. The Labute approximate surface area is 139 Å². The fourth-order valence-corrected chi connectivity index (χ4v) is 2.61. The van der Waals surface area contributed by atoms with Gasteiger partial charge in [0.25, 0.3) is 5.91 Å². The van der Waals surface area contributed by atoms with Crippen molar-refractivity contribution in [1.82, 2.24) is 10.3 Å². The Kier molecular flexibility index (Phi) is 4.79. The molecule has 3 aromatic rings. The van der Waals surface area contributed by atoms with Crippen molar-refractivity contribution in [3.8, 4) is 5.75 Å². The van der Waals surface area contributed by atoms with E-state index in [0.717, 1.165) is 22.0 Å². The minimum absolute atomic E-state index is 0.0205. The van der Waals surface area contributed by atoms with E-state index >= 15 is 0 Å². The smallest absolute Gasteiger partial charge is 0.257 e. The van der Waals surface area contributed by atoms with Crippen LogP contribution >= 0.6 is 0 Å². The zero-order chi connectivity index (χ0) is 16.9. The van der Waals surface area contributed by atoms with Gasteiger partial charge in [-0.2, -0.15) is 0 Å². The maximum absolute atomic E-state index is 13.3. The molecule has 2 N–H and O–H groups in total. The fraction of sp³-hybridized carbons (Fsp3) is 0.211. The molecule has 5 heteroatoms. The minimum Gasteiger partial charge on any atom is -0.484 e. The monoisotopic (exact) mass is 326 g/mol. The standard InChI is InChI=1S/C19H19FN2O2/c1-13-4-2-3-5-18(13)24-12-19(23)21-9-8-14-11-22-17-7-6-15(20)10-16(14)17/h2-7,10-11,22H,8-9,12H2,1H3,(H,21,23). The first-order valence-electron chi connectivity index (χ1n) is 7.84. The third-order valence-electron chi connectivity index (χ3n) is 3.90. The van der Waals surface area contributed by atoms with Crippen molar-refractivity contribution in [1.29, 1.82) is 0 Å². The second-order valence-electron chi connectivity index (χ2n) is 5.66. The van der Waals surface area contributed by atoms with Crippen LogP contribution in [0.3, 0.4) is 0 Å². The summed E-state index contributed by atoms with van der Waals surface area (Å²) in [6.45, 7) is 2.39. The van der Waals surface area contributed by atoms with Crippen LogP contribution in [0, 0.1) is 12.7 Å². The van der Waals surface area contributed by atoms with Crippen LogP contribution in [-0.4, -0.2) is 24.0 Å². The van der Waals surface area contributed by atoms with E-state index in [1.165, 1.54) is 12.1 Å². The molecule has 0 saturated heterocycles. The highest BCUT2D eigenvalue weighted by molar-refractivity contribution is 5.83. The average molecular weight is 326 g/mol. The Morgan fingerprint density at radius 2 is 2.08 bits per heavy atom. The third-order valence-corrected chi connectivity index (χ3v) is 3.90. The van der Waals surface area contributed by atoms with E-state index in [9.17, 15) is 9.18 Å². The molecular weight excluding hydrogens is 307 g/mol. The van der Waals surface area contributed by atoms with Gasteiger partial charge in [0.15, 0.2) is 6.61 Å². The van der Waals surface area contributed by atoms with Crippen LogP contribution in [0.1, 0.15) is 11.1 Å². The van der Waals surface area contributed by atoms with Crippen LogP contribution in [0.4, 0.5) is 4.39 Å². The molecular formula is C19H19FN2O2. The summed E-state index contributed by atoms with van der Waals surface area (Å²) in [4.78, 5) is 15.0. The van der Waals surface area contributed by atoms with Gasteiger partial charge in [-0.25, -0.2) is 4.39 Å². The van der Waals surface area contributed by atoms with Gasteiger partial charge in [0, 0.05) is 23.6 Å². The summed E-state index contributed by atoms with van der Waals surface area (Å²) in [5.41, 5.74) is 2.86. The van der Waals surface area contributed by atoms with Crippen molar-refractivity contribution in [2.24, 2.45) is 0 Å². The predicted molar refractivity (Wildman–Crippen MR) is 91.6 cm³/mol. The summed E-state index contributed by atoms with van der Waals surface area (Å²) in [6, 6.07) is 12.2. The molecule has 1 heterocycles. The van der Waals surface area contributed by atoms with E-state index in [0.29, 0.717) is 18.7 Å². The summed E-state index contributed by atoms with van der Waals surface area (Å²) in [5, 5.41) is 3.67. The van der Waals surface area contributed by atoms with Gasteiger partial charge in [-0.3, -0.25) is 4.79 Å². The average Bonchev–Trinajstić information content (AvgIpc) is 2.96. The molecule has 0 aliphatic carbocycles. The Hall–Kier alpha value is -2.82. The lowest BCUT2D eigenvalue weighted by atomic mass is 10.1. The first-order chi connectivity index (χ1) is 11.6. The van der Waals surface area contributed by atoms with Gasteiger partial charge < -0.3 is 15.0 Å². The van der Waals surface area contributed by atoms with E-state index < -0.39 is 0 Å². The molecule has 3 rings (SSSR count). The molecule has 1 aromatic heterocycles. The second-order valence-corrected chi connectivity index (χ2v) is 5.66. The lowest BCUT2D eigenvalue weighted by Gasteiger charge is -2.09. The first-order valence-corrected chi connectivity index (χ1v) is 7.84. The number of fused-ring (bicyclic) bond motifs is 1. The number of para-hydroxylation sites is 1. The molecule has 1 amide bonds.